The van der Waals surface area contributed by atoms with Crippen LogP contribution in [0.1, 0.15) is 72.4 Å². The van der Waals surface area contributed by atoms with Crippen LogP contribution in [0.5, 0.6) is 0 Å². The smallest absolute Gasteiger partial charge is 0.325 e. The standard InChI is InChI=1S/C41H63N5O10/c1-10-25(5)31(37(48)43-8)45-39(50)35(53-22-28-18-14-12-15-19-28)33(47)34(55-27(7)56-41(52)30(42)24(3)4)36(54-23-29-20-16-13-17-21-29)40(51)46-32(26(6)11-2)38(49)44-9/h12-21,24-27,30-36,47H,10-11,22-23,42H2,1-9H3,(H,43,48)(H,44,49)(H,45,50)(H,46,51)/t25?,26?,27?,30-,31-,32-,33+,34+,35+,36+/m0/s1. The molecule has 15 heteroatoms. The molecular weight excluding hydrogens is 722 g/mol. The molecule has 0 spiro atoms. The van der Waals surface area contributed by atoms with Crippen molar-refractivity contribution >= 4 is 29.6 Å². The molecule has 0 aromatic heterocycles. The van der Waals surface area contributed by atoms with Gasteiger partial charge in [0.1, 0.15) is 30.3 Å². The lowest BCUT2D eigenvalue weighted by molar-refractivity contribution is -0.229. The fraction of sp³-hybridized carbons (Fsp3) is 0.585. The Balaban J connectivity index is 2.76. The van der Waals surface area contributed by atoms with E-state index in [4.69, 9.17) is 24.7 Å². The molecule has 2 aromatic carbocycles. The van der Waals surface area contributed by atoms with E-state index in [1.807, 2.05) is 13.8 Å². The van der Waals surface area contributed by atoms with Gasteiger partial charge in [-0.1, -0.05) is 115 Å². The number of hydrogen-bond acceptors (Lipinski definition) is 11. The first-order valence-electron chi connectivity index (χ1n) is 19.2. The lowest BCUT2D eigenvalue weighted by atomic mass is 9.95. The molecule has 0 bridgehead atoms. The van der Waals surface area contributed by atoms with E-state index in [1.165, 1.54) is 21.0 Å². The second-order valence-electron chi connectivity index (χ2n) is 14.3. The average Bonchev–Trinajstić information content (AvgIpc) is 3.20. The third-order valence-corrected chi connectivity index (χ3v) is 9.71. The van der Waals surface area contributed by atoms with Gasteiger partial charge in [-0.25, -0.2) is 0 Å². The molecule has 2 rings (SSSR count). The molecule has 312 valence electrons. The zero-order valence-electron chi connectivity index (χ0n) is 34.2. The summed E-state index contributed by atoms with van der Waals surface area (Å²) in [6.07, 6.45) is -7.69. The highest BCUT2D eigenvalue weighted by molar-refractivity contribution is 5.91. The molecule has 15 nitrogen and oxygen atoms in total. The van der Waals surface area contributed by atoms with Crippen molar-refractivity contribution in [3.8, 4) is 0 Å². The lowest BCUT2D eigenvalue weighted by Gasteiger charge is -2.36. The number of ether oxygens (including phenoxy) is 4. The van der Waals surface area contributed by atoms with Crippen LogP contribution in [0.25, 0.3) is 0 Å². The molecule has 0 radical (unpaired) electrons. The van der Waals surface area contributed by atoms with Gasteiger partial charge in [0.15, 0.2) is 12.2 Å². The summed E-state index contributed by atoms with van der Waals surface area (Å²) in [5.41, 5.74) is 7.35. The summed E-state index contributed by atoms with van der Waals surface area (Å²) >= 11 is 0. The third kappa shape index (κ3) is 14.6. The van der Waals surface area contributed by atoms with Crippen molar-refractivity contribution in [2.24, 2.45) is 23.5 Å². The van der Waals surface area contributed by atoms with Crippen molar-refractivity contribution in [1.29, 1.82) is 0 Å². The van der Waals surface area contributed by atoms with Crippen molar-refractivity contribution in [1.82, 2.24) is 21.3 Å². The Morgan fingerprint density at radius 1 is 0.661 bits per heavy atom. The van der Waals surface area contributed by atoms with Crippen LogP contribution in [-0.2, 0) is 56.1 Å². The average molecular weight is 786 g/mol. The van der Waals surface area contributed by atoms with Gasteiger partial charge in [0.2, 0.25) is 18.1 Å². The molecule has 0 aliphatic heterocycles. The third-order valence-electron chi connectivity index (χ3n) is 9.71. The van der Waals surface area contributed by atoms with E-state index in [9.17, 15) is 29.1 Å². The first-order chi connectivity index (χ1) is 26.6. The monoisotopic (exact) mass is 785 g/mol. The Kier molecular flexibility index (Phi) is 20.7. The zero-order chi connectivity index (χ0) is 41.9. The maximum absolute atomic E-state index is 14.4. The number of aliphatic hydroxyl groups is 1. The van der Waals surface area contributed by atoms with Gasteiger partial charge in [0.25, 0.3) is 11.8 Å². The summed E-state index contributed by atoms with van der Waals surface area (Å²) in [6, 6.07) is 14.7. The summed E-state index contributed by atoms with van der Waals surface area (Å²) in [7, 11) is 2.89. The fourth-order valence-electron chi connectivity index (χ4n) is 5.62. The van der Waals surface area contributed by atoms with Crippen LogP contribution in [0, 0.1) is 17.8 Å². The van der Waals surface area contributed by atoms with Crippen molar-refractivity contribution in [3.63, 3.8) is 0 Å². The number of likely N-dealkylation sites (N-methyl/N-ethyl adjacent to an activating group) is 2. The SMILES string of the molecule is CCC(C)[C@H](NC(=O)[C@H](OCc1ccccc1)[C@H](O)[C@@H](OC(C)OC(=O)[C@@H](N)C(C)C)[C@@H](OCc1ccccc1)C(=O)N[C@H](C(=O)NC)C(C)CC)C(=O)NC. The van der Waals surface area contributed by atoms with Crippen molar-refractivity contribution in [3.05, 3.63) is 71.8 Å². The van der Waals surface area contributed by atoms with E-state index in [-0.39, 0.29) is 31.0 Å². The molecule has 0 saturated carbocycles. The topological polar surface area (TPSA) is 217 Å². The quantitative estimate of drug-likeness (QED) is 0.0671. The minimum absolute atomic E-state index is 0.166. The number of nitrogens with one attached hydrogen (secondary N) is 4. The Hall–Kier alpha value is -4.41. The molecule has 0 aliphatic carbocycles. The molecule has 4 amide bonds. The summed E-state index contributed by atoms with van der Waals surface area (Å²) < 4.78 is 24.1. The van der Waals surface area contributed by atoms with E-state index < -0.39 is 78.4 Å². The fourth-order valence-corrected chi connectivity index (χ4v) is 5.62. The van der Waals surface area contributed by atoms with Gasteiger partial charge in [0.05, 0.1) is 13.2 Å². The van der Waals surface area contributed by atoms with Crippen molar-refractivity contribution in [2.75, 3.05) is 14.1 Å². The summed E-state index contributed by atoms with van der Waals surface area (Å²) in [5.74, 6) is -4.42. The van der Waals surface area contributed by atoms with Crippen LogP contribution in [0.2, 0.25) is 0 Å². The number of aliphatic hydroxyl groups excluding tert-OH is 1. The predicted octanol–water partition coefficient (Wildman–Crippen LogP) is 2.33. The van der Waals surface area contributed by atoms with Gasteiger partial charge in [-0.3, -0.25) is 24.0 Å². The Labute approximate surface area is 331 Å². The van der Waals surface area contributed by atoms with Gasteiger partial charge in [-0.2, -0.15) is 0 Å². The predicted molar refractivity (Wildman–Crippen MR) is 210 cm³/mol. The van der Waals surface area contributed by atoms with Crippen molar-refractivity contribution in [2.45, 2.75) is 123 Å². The number of carbonyl (C=O) groups is 5. The molecule has 0 aliphatic rings. The second-order valence-corrected chi connectivity index (χ2v) is 14.3. The molecule has 2 aromatic rings. The first kappa shape index (κ1) is 47.7. The maximum atomic E-state index is 14.4. The molecule has 56 heavy (non-hydrogen) atoms. The van der Waals surface area contributed by atoms with Gasteiger partial charge < -0.3 is 51.1 Å². The van der Waals surface area contributed by atoms with Gasteiger partial charge in [0, 0.05) is 14.1 Å². The Morgan fingerprint density at radius 3 is 1.46 bits per heavy atom. The molecule has 10 atom stereocenters. The summed E-state index contributed by atoms with van der Waals surface area (Å²) in [5, 5.41) is 22.9. The molecule has 3 unspecified atom stereocenters. The van der Waals surface area contributed by atoms with Crippen LogP contribution >= 0.6 is 0 Å². The lowest BCUT2D eigenvalue weighted by Crippen LogP contribution is -2.61. The molecular formula is C41H63N5O10. The number of hydrogen-bond donors (Lipinski definition) is 6. The highest BCUT2D eigenvalue weighted by atomic mass is 16.7. The molecule has 0 fully saturated rings. The van der Waals surface area contributed by atoms with Crippen LogP contribution in [-0.4, -0.2) is 97.6 Å². The van der Waals surface area contributed by atoms with Crippen LogP contribution in [0.4, 0.5) is 0 Å². The number of carbonyl (C=O) groups excluding carboxylic acids is 5. The first-order valence-corrected chi connectivity index (χ1v) is 19.2. The number of nitrogens with two attached hydrogens (primary N) is 1. The second kappa shape index (κ2) is 24.3. The zero-order valence-corrected chi connectivity index (χ0v) is 34.2. The van der Waals surface area contributed by atoms with E-state index in [1.54, 1.807) is 88.4 Å². The van der Waals surface area contributed by atoms with E-state index in [2.05, 4.69) is 21.3 Å². The summed E-state index contributed by atoms with van der Waals surface area (Å²) in [6.45, 7) is 11.8. The normalized spacial score (nSPS) is 16.8. The minimum atomic E-state index is -2.01. The number of esters is 1. The van der Waals surface area contributed by atoms with Gasteiger partial charge >= 0.3 is 5.97 Å². The van der Waals surface area contributed by atoms with E-state index in [0.717, 1.165) is 0 Å². The number of benzene rings is 2. The largest absolute Gasteiger partial charge is 0.435 e. The maximum Gasteiger partial charge on any atom is 0.325 e. The Bertz CT molecular complexity index is 1510. The molecule has 7 N–H and O–H groups in total. The Morgan fingerprint density at radius 2 is 1.07 bits per heavy atom. The van der Waals surface area contributed by atoms with Gasteiger partial charge in [-0.05, 0) is 35.8 Å². The van der Waals surface area contributed by atoms with Crippen LogP contribution in [0.15, 0.2) is 60.7 Å². The van der Waals surface area contributed by atoms with Crippen LogP contribution in [0.3, 0.4) is 0 Å². The highest BCUT2D eigenvalue weighted by Crippen LogP contribution is 2.22. The van der Waals surface area contributed by atoms with Crippen LogP contribution < -0.4 is 27.0 Å². The van der Waals surface area contributed by atoms with E-state index >= 15 is 0 Å². The molecule has 0 heterocycles. The van der Waals surface area contributed by atoms with Gasteiger partial charge in [-0.15, -0.1) is 0 Å². The summed E-state index contributed by atoms with van der Waals surface area (Å²) in [4.78, 5) is 67.7. The minimum Gasteiger partial charge on any atom is -0.435 e. The number of amides is 4. The highest BCUT2D eigenvalue weighted by Gasteiger charge is 2.46. The molecule has 0 saturated heterocycles. The van der Waals surface area contributed by atoms with E-state index in [0.29, 0.717) is 24.0 Å². The number of rotatable bonds is 24. The van der Waals surface area contributed by atoms with Crippen molar-refractivity contribution < 1.29 is 48.0 Å².